The lowest BCUT2D eigenvalue weighted by molar-refractivity contribution is -0.120. The number of carbonyl (C=O) groups excluding carboxylic acids is 2. The summed E-state index contributed by atoms with van der Waals surface area (Å²) in [6, 6.07) is 12.9. The summed E-state index contributed by atoms with van der Waals surface area (Å²) >= 11 is 6.03. The predicted molar refractivity (Wildman–Crippen MR) is 121 cm³/mol. The van der Waals surface area contributed by atoms with Crippen molar-refractivity contribution in [2.24, 2.45) is 11.8 Å². The number of anilines is 1. The van der Waals surface area contributed by atoms with E-state index < -0.39 is 0 Å². The minimum Gasteiger partial charge on any atom is -0.366 e. The second-order valence-corrected chi connectivity index (χ2v) is 9.25. The van der Waals surface area contributed by atoms with Gasteiger partial charge in [0.25, 0.3) is 11.8 Å². The largest absolute Gasteiger partial charge is 0.366 e. The fraction of sp³-hybridized carbons (Fsp3) is 0.360. The maximum atomic E-state index is 13.6. The molecule has 2 aliphatic heterocycles. The third kappa shape index (κ3) is 3.65. The van der Waals surface area contributed by atoms with E-state index in [1.807, 2.05) is 26.0 Å². The van der Waals surface area contributed by atoms with Crippen molar-refractivity contribution in [2.75, 3.05) is 18.0 Å². The summed E-state index contributed by atoms with van der Waals surface area (Å²) in [4.78, 5) is 30.7. The topological polar surface area (TPSA) is 40.6 Å². The van der Waals surface area contributed by atoms with Gasteiger partial charge in [-0.25, -0.2) is 4.90 Å². The minimum atomic E-state index is -0.268. The zero-order valence-electron chi connectivity index (χ0n) is 17.9. The van der Waals surface area contributed by atoms with Crippen LogP contribution in [-0.4, -0.2) is 29.8 Å². The summed E-state index contributed by atoms with van der Waals surface area (Å²) in [7, 11) is 0. The van der Waals surface area contributed by atoms with Crippen LogP contribution in [0.3, 0.4) is 0 Å². The molecule has 30 heavy (non-hydrogen) atoms. The predicted octanol–water partition coefficient (Wildman–Crippen LogP) is 5.22. The van der Waals surface area contributed by atoms with Gasteiger partial charge in [-0.2, -0.15) is 0 Å². The zero-order chi connectivity index (χ0) is 21.6. The molecule has 0 aliphatic carbocycles. The van der Waals surface area contributed by atoms with Gasteiger partial charge in [0, 0.05) is 18.1 Å². The van der Waals surface area contributed by atoms with E-state index in [4.69, 9.17) is 11.6 Å². The first kappa shape index (κ1) is 20.7. The van der Waals surface area contributed by atoms with E-state index in [1.54, 1.807) is 24.3 Å². The molecular formula is C25H27ClN2O2. The highest BCUT2D eigenvalue weighted by atomic mass is 35.5. The third-order valence-corrected chi connectivity index (χ3v) is 6.23. The van der Waals surface area contributed by atoms with E-state index in [9.17, 15) is 9.59 Å². The van der Waals surface area contributed by atoms with Gasteiger partial charge in [0.2, 0.25) is 0 Å². The summed E-state index contributed by atoms with van der Waals surface area (Å²) < 4.78 is 0. The number of benzene rings is 2. The fourth-order valence-corrected chi connectivity index (χ4v) is 4.94. The van der Waals surface area contributed by atoms with Crippen molar-refractivity contribution in [1.82, 2.24) is 4.90 Å². The Kier molecular flexibility index (Phi) is 5.46. The highest BCUT2D eigenvalue weighted by Gasteiger charge is 2.44. The smallest absolute Gasteiger partial charge is 0.282 e. The number of imide groups is 1. The summed E-state index contributed by atoms with van der Waals surface area (Å²) in [5.74, 6) is 0.414. The molecule has 2 unspecified atom stereocenters. The first-order chi connectivity index (χ1) is 14.3. The number of piperidine rings is 1. The molecule has 1 saturated heterocycles. The first-order valence-electron chi connectivity index (χ1n) is 10.5. The minimum absolute atomic E-state index is 0.251. The molecule has 0 N–H and O–H groups in total. The Hall–Kier alpha value is -2.59. The van der Waals surface area contributed by atoms with Gasteiger partial charge in [-0.05, 0) is 67.5 Å². The highest BCUT2D eigenvalue weighted by Crippen LogP contribution is 2.38. The number of rotatable bonds is 3. The van der Waals surface area contributed by atoms with Crippen molar-refractivity contribution >= 4 is 34.7 Å². The van der Waals surface area contributed by atoms with Gasteiger partial charge in [0.15, 0.2) is 0 Å². The van der Waals surface area contributed by atoms with Crippen LogP contribution >= 0.6 is 11.6 Å². The Morgan fingerprint density at radius 3 is 2.13 bits per heavy atom. The summed E-state index contributed by atoms with van der Waals surface area (Å²) in [5.41, 5.74) is 4.54. The van der Waals surface area contributed by atoms with Crippen molar-refractivity contribution in [3.05, 3.63) is 69.9 Å². The van der Waals surface area contributed by atoms with Crippen molar-refractivity contribution in [3.63, 3.8) is 0 Å². The number of hydrogen-bond donors (Lipinski definition) is 0. The van der Waals surface area contributed by atoms with Crippen LogP contribution in [-0.2, 0) is 9.59 Å². The van der Waals surface area contributed by atoms with E-state index in [0.29, 0.717) is 33.8 Å². The van der Waals surface area contributed by atoms with Crippen LogP contribution in [0, 0.1) is 25.7 Å². The molecule has 156 valence electrons. The third-order valence-electron chi connectivity index (χ3n) is 5.98. The number of amides is 2. The molecule has 2 aromatic rings. The zero-order valence-corrected chi connectivity index (χ0v) is 18.7. The van der Waals surface area contributed by atoms with E-state index in [0.717, 1.165) is 36.2 Å². The molecule has 0 aromatic heterocycles. The summed E-state index contributed by atoms with van der Waals surface area (Å²) in [5, 5.41) is 0.569. The van der Waals surface area contributed by atoms with Crippen molar-refractivity contribution in [2.45, 2.75) is 34.1 Å². The van der Waals surface area contributed by atoms with Crippen molar-refractivity contribution < 1.29 is 9.59 Å². The number of nitrogens with zero attached hydrogens (tertiary/aromatic N) is 2. The molecule has 0 saturated carbocycles. The summed E-state index contributed by atoms with van der Waals surface area (Å²) in [6.07, 6.45) is 1.13. The van der Waals surface area contributed by atoms with E-state index in [2.05, 4.69) is 24.8 Å². The molecule has 2 aliphatic rings. The van der Waals surface area contributed by atoms with Gasteiger partial charge in [-0.3, -0.25) is 9.59 Å². The van der Waals surface area contributed by atoms with Crippen LogP contribution < -0.4 is 4.90 Å². The molecule has 2 amide bonds. The van der Waals surface area contributed by atoms with Gasteiger partial charge in [0.05, 0.1) is 11.3 Å². The Bertz CT molecular complexity index is 1030. The molecule has 5 heteroatoms. The maximum absolute atomic E-state index is 13.6. The Morgan fingerprint density at radius 1 is 0.900 bits per heavy atom. The Labute approximate surface area is 183 Å². The van der Waals surface area contributed by atoms with Gasteiger partial charge in [-0.1, -0.05) is 49.2 Å². The van der Waals surface area contributed by atoms with Crippen LogP contribution in [0.15, 0.2) is 48.2 Å². The van der Waals surface area contributed by atoms with Gasteiger partial charge in [0.1, 0.15) is 5.70 Å². The molecule has 2 heterocycles. The number of halogens is 1. The maximum Gasteiger partial charge on any atom is 0.282 e. The van der Waals surface area contributed by atoms with Gasteiger partial charge in [-0.15, -0.1) is 0 Å². The highest BCUT2D eigenvalue weighted by molar-refractivity contribution is 6.45. The Morgan fingerprint density at radius 2 is 1.53 bits per heavy atom. The number of hydrogen-bond acceptors (Lipinski definition) is 3. The van der Waals surface area contributed by atoms with E-state index in [-0.39, 0.29) is 11.8 Å². The standard InChI is InChI=1S/C25H27ClN2O2/c1-15-5-10-21(18(4)12-15)22-23(27-13-16(2)11-17(3)14-27)25(30)28(24(22)29)20-8-6-19(26)7-9-20/h5-10,12,16-17H,11,13-14H2,1-4H3. The van der Waals surface area contributed by atoms with Gasteiger partial charge >= 0.3 is 0 Å². The molecule has 4 nitrogen and oxygen atoms in total. The second kappa shape index (κ2) is 7.92. The molecule has 0 spiro atoms. The molecule has 4 rings (SSSR count). The Balaban J connectivity index is 1.86. The molecule has 2 atom stereocenters. The second-order valence-electron chi connectivity index (χ2n) is 8.82. The molecule has 0 radical (unpaired) electrons. The lowest BCUT2D eigenvalue weighted by Crippen LogP contribution is -2.42. The number of aryl methyl sites for hydroxylation is 2. The van der Waals surface area contributed by atoms with Crippen LogP contribution in [0.2, 0.25) is 5.02 Å². The lowest BCUT2D eigenvalue weighted by Gasteiger charge is -2.37. The van der Waals surface area contributed by atoms with Crippen LogP contribution in [0.5, 0.6) is 0 Å². The van der Waals surface area contributed by atoms with Crippen LogP contribution in [0.1, 0.15) is 37.0 Å². The number of carbonyl (C=O) groups is 2. The average Bonchev–Trinajstić information content (AvgIpc) is 2.92. The molecule has 2 aromatic carbocycles. The van der Waals surface area contributed by atoms with Crippen molar-refractivity contribution in [3.8, 4) is 0 Å². The first-order valence-corrected chi connectivity index (χ1v) is 10.8. The SMILES string of the molecule is Cc1ccc(C2=C(N3CC(C)CC(C)C3)C(=O)N(c3ccc(Cl)cc3)C2=O)c(C)c1. The normalized spacial score (nSPS) is 22.3. The summed E-state index contributed by atoms with van der Waals surface area (Å²) in [6.45, 7) is 10.00. The molecular weight excluding hydrogens is 396 g/mol. The van der Waals surface area contributed by atoms with E-state index in [1.165, 1.54) is 4.90 Å². The van der Waals surface area contributed by atoms with Crippen LogP contribution in [0.4, 0.5) is 5.69 Å². The van der Waals surface area contributed by atoms with E-state index >= 15 is 0 Å². The van der Waals surface area contributed by atoms with Gasteiger partial charge < -0.3 is 4.90 Å². The monoisotopic (exact) mass is 422 g/mol. The molecule has 0 bridgehead atoms. The fourth-order valence-electron chi connectivity index (χ4n) is 4.82. The quantitative estimate of drug-likeness (QED) is 0.637. The lowest BCUT2D eigenvalue weighted by atomic mass is 9.90. The number of likely N-dealkylation sites (tertiary alicyclic amines) is 1. The average molecular weight is 423 g/mol. The molecule has 1 fully saturated rings. The van der Waals surface area contributed by atoms with Crippen molar-refractivity contribution in [1.29, 1.82) is 0 Å². The van der Waals surface area contributed by atoms with Crippen LogP contribution in [0.25, 0.3) is 5.57 Å².